The molecular formula is C10H10NS. The molecule has 0 atom stereocenters. The van der Waals surface area contributed by atoms with Gasteiger partial charge < -0.3 is 0 Å². The molecule has 0 aliphatic carbocycles. The van der Waals surface area contributed by atoms with Crippen molar-refractivity contribution < 1.29 is 0 Å². The molecule has 1 radical (unpaired) electrons. The number of hydrogen-bond acceptors (Lipinski definition) is 2. The van der Waals surface area contributed by atoms with Crippen molar-refractivity contribution in [2.45, 2.75) is 19.8 Å². The molecule has 0 saturated carbocycles. The van der Waals surface area contributed by atoms with Gasteiger partial charge in [-0.15, -0.1) is 11.3 Å². The summed E-state index contributed by atoms with van der Waals surface area (Å²) in [4.78, 5) is 4.25. The zero-order valence-corrected chi connectivity index (χ0v) is 7.82. The molecule has 0 saturated heterocycles. The van der Waals surface area contributed by atoms with Gasteiger partial charge in [0.15, 0.2) is 0 Å². The lowest BCUT2D eigenvalue weighted by molar-refractivity contribution is 0.930. The molecule has 0 spiro atoms. The fraction of sp³-hybridized carbons (Fsp3) is 0.300. The van der Waals surface area contributed by atoms with E-state index in [1.165, 1.54) is 16.7 Å². The first-order valence-electron chi connectivity index (χ1n) is 4.14. The number of aryl methyl sites for hydroxylation is 1. The standard InChI is InChI=1S/C10H10NS/c1-2-4-8-5-3-6-9-10(8)12-7-11-9/h5-7H,2,4H2,1H3. The Kier molecular flexibility index (Phi) is 2.09. The monoisotopic (exact) mass is 176 g/mol. The van der Waals surface area contributed by atoms with Gasteiger partial charge in [0.2, 0.25) is 0 Å². The molecule has 0 aliphatic heterocycles. The van der Waals surface area contributed by atoms with Gasteiger partial charge in [0.25, 0.3) is 0 Å². The molecule has 0 amide bonds. The third-order valence-corrected chi connectivity index (χ3v) is 2.80. The fourth-order valence-corrected chi connectivity index (χ4v) is 2.16. The Hall–Kier alpha value is -0.890. The van der Waals surface area contributed by atoms with Gasteiger partial charge in [0, 0.05) is 0 Å². The third-order valence-electron chi connectivity index (χ3n) is 1.88. The van der Waals surface area contributed by atoms with E-state index in [4.69, 9.17) is 0 Å². The zero-order chi connectivity index (χ0) is 8.39. The summed E-state index contributed by atoms with van der Waals surface area (Å²) in [6.45, 7) is 2.19. The predicted molar refractivity (Wildman–Crippen MR) is 52.5 cm³/mol. The first-order chi connectivity index (χ1) is 5.92. The van der Waals surface area contributed by atoms with Crippen molar-refractivity contribution >= 4 is 21.6 Å². The molecule has 0 aliphatic rings. The van der Waals surface area contributed by atoms with E-state index in [0.29, 0.717) is 0 Å². The average Bonchev–Trinajstić information content (AvgIpc) is 2.53. The number of rotatable bonds is 2. The van der Waals surface area contributed by atoms with Gasteiger partial charge >= 0.3 is 0 Å². The second-order valence-electron chi connectivity index (χ2n) is 2.80. The summed E-state index contributed by atoms with van der Waals surface area (Å²) in [5.41, 5.74) is 4.38. The van der Waals surface area contributed by atoms with E-state index < -0.39 is 0 Å². The van der Waals surface area contributed by atoms with Crippen LogP contribution in [0.3, 0.4) is 0 Å². The van der Waals surface area contributed by atoms with Crippen LogP contribution in [0.5, 0.6) is 0 Å². The predicted octanol–water partition coefficient (Wildman–Crippen LogP) is 3.05. The first-order valence-corrected chi connectivity index (χ1v) is 5.02. The van der Waals surface area contributed by atoms with E-state index in [2.05, 4.69) is 24.0 Å². The Morgan fingerprint density at radius 1 is 1.50 bits per heavy atom. The van der Waals surface area contributed by atoms with E-state index in [0.717, 1.165) is 11.9 Å². The topological polar surface area (TPSA) is 12.9 Å². The van der Waals surface area contributed by atoms with Gasteiger partial charge in [-0.3, -0.25) is 0 Å². The zero-order valence-electron chi connectivity index (χ0n) is 7.00. The Morgan fingerprint density at radius 2 is 2.42 bits per heavy atom. The van der Waals surface area contributed by atoms with Crippen LogP contribution in [0.2, 0.25) is 0 Å². The summed E-state index contributed by atoms with van der Waals surface area (Å²) in [7, 11) is 0. The van der Waals surface area contributed by atoms with Crippen LogP contribution in [0, 0.1) is 6.07 Å². The van der Waals surface area contributed by atoms with Crippen LogP contribution in [0.25, 0.3) is 10.2 Å². The van der Waals surface area contributed by atoms with Crippen molar-refractivity contribution in [1.82, 2.24) is 4.98 Å². The van der Waals surface area contributed by atoms with Crippen molar-refractivity contribution in [3.63, 3.8) is 0 Å². The molecule has 0 fully saturated rings. The van der Waals surface area contributed by atoms with Crippen LogP contribution in [0.4, 0.5) is 0 Å². The van der Waals surface area contributed by atoms with Crippen molar-refractivity contribution in [2.24, 2.45) is 0 Å². The lowest BCUT2D eigenvalue weighted by Crippen LogP contribution is -1.82. The lowest BCUT2D eigenvalue weighted by atomic mass is 10.1. The Bertz CT molecular complexity index is 378. The first kappa shape index (κ1) is 7.74. The van der Waals surface area contributed by atoms with Crippen LogP contribution >= 0.6 is 11.3 Å². The van der Waals surface area contributed by atoms with Crippen molar-refractivity contribution in [3.8, 4) is 0 Å². The Labute approximate surface area is 76.1 Å². The van der Waals surface area contributed by atoms with Gasteiger partial charge in [0.05, 0.1) is 15.7 Å². The highest BCUT2D eigenvalue weighted by Gasteiger charge is 2.01. The normalized spacial score (nSPS) is 10.8. The van der Waals surface area contributed by atoms with E-state index in [-0.39, 0.29) is 0 Å². The molecular weight excluding hydrogens is 166 g/mol. The highest BCUT2D eigenvalue weighted by atomic mass is 32.1. The van der Waals surface area contributed by atoms with E-state index >= 15 is 0 Å². The molecule has 0 unspecified atom stereocenters. The van der Waals surface area contributed by atoms with Crippen molar-refractivity contribution in [1.29, 1.82) is 0 Å². The van der Waals surface area contributed by atoms with Crippen LogP contribution in [0.1, 0.15) is 18.9 Å². The molecule has 1 aromatic carbocycles. The maximum atomic E-state index is 4.25. The van der Waals surface area contributed by atoms with Gasteiger partial charge in [-0.1, -0.05) is 13.3 Å². The summed E-state index contributed by atoms with van der Waals surface area (Å²) < 4.78 is 1.33. The molecule has 1 aromatic heterocycles. The summed E-state index contributed by atoms with van der Waals surface area (Å²) in [6.07, 6.45) is 2.32. The largest absolute Gasteiger partial charge is 0.245 e. The lowest BCUT2D eigenvalue weighted by Gasteiger charge is -1.97. The number of benzene rings is 1. The van der Waals surface area contributed by atoms with E-state index in [1.54, 1.807) is 11.3 Å². The summed E-state index contributed by atoms with van der Waals surface area (Å²) >= 11 is 1.72. The molecule has 1 nitrogen and oxygen atoms in total. The third kappa shape index (κ3) is 1.23. The highest BCUT2D eigenvalue weighted by Crippen LogP contribution is 2.22. The molecule has 2 aromatic rings. The van der Waals surface area contributed by atoms with E-state index in [9.17, 15) is 0 Å². The quantitative estimate of drug-likeness (QED) is 0.685. The Balaban J connectivity index is 2.57. The van der Waals surface area contributed by atoms with Gasteiger partial charge in [-0.2, -0.15) is 0 Å². The second kappa shape index (κ2) is 3.23. The smallest absolute Gasteiger partial charge is 0.0821 e. The maximum absolute atomic E-state index is 4.25. The van der Waals surface area contributed by atoms with Gasteiger partial charge in [-0.05, 0) is 30.2 Å². The summed E-state index contributed by atoms with van der Waals surface area (Å²) in [5, 5.41) is 0. The number of hydrogen-bond donors (Lipinski definition) is 0. The van der Waals surface area contributed by atoms with Crippen LogP contribution in [-0.2, 0) is 6.42 Å². The molecule has 61 valence electrons. The second-order valence-corrected chi connectivity index (χ2v) is 3.65. The van der Waals surface area contributed by atoms with Crippen LogP contribution in [0.15, 0.2) is 17.6 Å². The van der Waals surface area contributed by atoms with Gasteiger partial charge in [0.1, 0.15) is 0 Å². The minimum atomic E-state index is 1.09. The molecule has 2 heteroatoms. The molecule has 0 N–H and O–H groups in total. The van der Waals surface area contributed by atoms with E-state index in [1.807, 2.05) is 11.6 Å². The summed E-state index contributed by atoms with van der Waals surface area (Å²) in [6, 6.07) is 7.14. The number of fused-ring (bicyclic) bond motifs is 1. The fourth-order valence-electron chi connectivity index (χ4n) is 1.34. The summed E-state index contributed by atoms with van der Waals surface area (Å²) in [5.74, 6) is 0. The average molecular weight is 176 g/mol. The molecule has 0 bridgehead atoms. The van der Waals surface area contributed by atoms with Crippen LogP contribution in [-0.4, -0.2) is 4.98 Å². The highest BCUT2D eigenvalue weighted by molar-refractivity contribution is 7.16. The minimum Gasteiger partial charge on any atom is -0.245 e. The number of nitrogens with zero attached hydrogens (tertiary/aromatic N) is 1. The number of thiazole rings is 1. The number of aromatic nitrogens is 1. The SMILES string of the molecule is CCCc1c[c]cc2ncsc12. The molecule has 12 heavy (non-hydrogen) atoms. The minimum absolute atomic E-state index is 1.09. The molecule has 2 rings (SSSR count). The maximum Gasteiger partial charge on any atom is 0.0821 e. The van der Waals surface area contributed by atoms with Crippen molar-refractivity contribution in [3.05, 3.63) is 29.3 Å². The van der Waals surface area contributed by atoms with Crippen molar-refractivity contribution in [2.75, 3.05) is 0 Å². The Morgan fingerprint density at radius 3 is 3.25 bits per heavy atom. The molecule has 1 heterocycles. The van der Waals surface area contributed by atoms with Crippen LogP contribution < -0.4 is 0 Å². The van der Waals surface area contributed by atoms with Gasteiger partial charge in [-0.25, -0.2) is 4.98 Å².